The van der Waals surface area contributed by atoms with Crippen LogP contribution in [-0.2, 0) is 25.0 Å². The number of benzene rings is 3. The molecule has 1 amide bonds. The fourth-order valence-corrected chi connectivity index (χ4v) is 5.45. The van der Waals surface area contributed by atoms with Crippen LogP contribution in [0.3, 0.4) is 0 Å². The molecule has 0 saturated carbocycles. The van der Waals surface area contributed by atoms with Crippen LogP contribution in [0, 0.1) is 5.82 Å². The topological polar surface area (TPSA) is 78.7 Å². The summed E-state index contributed by atoms with van der Waals surface area (Å²) in [6, 6.07) is 27.1. The Morgan fingerprint density at radius 3 is 2.15 bits per heavy atom. The number of aryl methyl sites for hydroxylation is 1. The Labute approximate surface area is 268 Å². The zero-order valence-electron chi connectivity index (χ0n) is 26.5. The second-order valence-corrected chi connectivity index (χ2v) is 12.3. The number of amides is 1. The Morgan fingerprint density at radius 1 is 0.870 bits per heavy atom. The number of hydrogen-bond acceptors (Lipinski definition) is 6. The van der Waals surface area contributed by atoms with Crippen molar-refractivity contribution in [3.63, 3.8) is 0 Å². The molecule has 46 heavy (non-hydrogen) atoms. The smallest absolute Gasteiger partial charge is 0.410 e. The maximum atomic E-state index is 16.1. The minimum Gasteiger partial charge on any atom is -0.473 e. The van der Waals surface area contributed by atoms with Crippen molar-refractivity contribution in [2.45, 2.75) is 46.0 Å². The van der Waals surface area contributed by atoms with E-state index in [9.17, 15) is 4.79 Å². The van der Waals surface area contributed by atoms with Gasteiger partial charge in [0.25, 0.3) is 0 Å². The number of pyridine rings is 1. The van der Waals surface area contributed by atoms with Crippen LogP contribution in [0.4, 0.5) is 9.18 Å². The Bertz CT molecular complexity index is 1880. The van der Waals surface area contributed by atoms with Gasteiger partial charge in [-0.2, -0.15) is 10.1 Å². The van der Waals surface area contributed by atoms with Crippen LogP contribution in [0.1, 0.15) is 43.9 Å². The SMILES string of the molecule is Cn1nc2c(F)c(C3=CCN(C(=O)OC(C)(C)C)CC3)ccc2c1-c1ccc(OCc2ccccc2)nc1OCc1ccccc1. The third-order valence-electron chi connectivity index (χ3n) is 7.69. The van der Waals surface area contributed by atoms with Gasteiger partial charge in [0.05, 0.1) is 11.3 Å². The van der Waals surface area contributed by atoms with E-state index in [0.29, 0.717) is 66.7 Å². The van der Waals surface area contributed by atoms with Gasteiger partial charge >= 0.3 is 6.09 Å². The normalized spacial score (nSPS) is 13.4. The zero-order chi connectivity index (χ0) is 32.3. The van der Waals surface area contributed by atoms with E-state index in [4.69, 9.17) is 19.2 Å². The second-order valence-electron chi connectivity index (χ2n) is 12.3. The highest BCUT2D eigenvalue weighted by atomic mass is 19.1. The van der Waals surface area contributed by atoms with Crippen LogP contribution in [0.2, 0.25) is 0 Å². The van der Waals surface area contributed by atoms with E-state index in [1.54, 1.807) is 28.8 Å². The number of aromatic nitrogens is 3. The molecule has 0 aliphatic carbocycles. The summed E-state index contributed by atoms with van der Waals surface area (Å²) in [4.78, 5) is 18.9. The molecule has 0 atom stereocenters. The molecule has 5 aromatic rings. The Hall–Kier alpha value is -5.18. The first-order valence-corrected chi connectivity index (χ1v) is 15.3. The lowest BCUT2D eigenvalue weighted by atomic mass is 9.97. The van der Waals surface area contributed by atoms with Gasteiger partial charge in [0.2, 0.25) is 11.8 Å². The molecule has 0 radical (unpaired) electrons. The van der Waals surface area contributed by atoms with Crippen molar-refractivity contribution in [1.29, 1.82) is 0 Å². The van der Waals surface area contributed by atoms with E-state index < -0.39 is 11.4 Å². The van der Waals surface area contributed by atoms with E-state index in [0.717, 1.165) is 16.7 Å². The Kier molecular flexibility index (Phi) is 8.74. The van der Waals surface area contributed by atoms with Crippen LogP contribution in [-0.4, -0.2) is 44.4 Å². The monoisotopic (exact) mass is 620 g/mol. The van der Waals surface area contributed by atoms with Crippen molar-refractivity contribution in [1.82, 2.24) is 19.7 Å². The van der Waals surface area contributed by atoms with Crippen LogP contribution in [0.25, 0.3) is 27.7 Å². The van der Waals surface area contributed by atoms with Crippen molar-refractivity contribution in [3.05, 3.63) is 114 Å². The second kappa shape index (κ2) is 13.0. The summed E-state index contributed by atoms with van der Waals surface area (Å²) in [7, 11) is 1.79. The highest BCUT2D eigenvalue weighted by molar-refractivity contribution is 5.96. The molecule has 1 aliphatic heterocycles. The summed E-state index contributed by atoms with van der Waals surface area (Å²) in [6.45, 7) is 6.96. The number of carbonyl (C=O) groups is 1. The number of halogens is 1. The molecular weight excluding hydrogens is 583 g/mol. The Balaban J connectivity index is 1.31. The van der Waals surface area contributed by atoms with Gasteiger partial charge in [-0.15, -0.1) is 0 Å². The molecule has 8 nitrogen and oxygen atoms in total. The fraction of sp³-hybridized carbons (Fsp3) is 0.270. The molecule has 9 heteroatoms. The van der Waals surface area contributed by atoms with Gasteiger partial charge < -0.3 is 19.1 Å². The maximum Gasteiger partial charge on any atom is 0.410 e. The van der Waals surface area contributed by atoms with Crippen molar-refractivity contribution in [3.8, 4) is 23.0 Å². The Morgan fingerprint density at radius 2 is 1.52 bits per heavy atom. The zero-order valence-corrected chi connectivity index (χ0v) is 26.5. The molecule has 6 rings (SSSR count). The van der Waals surface area contributed by atoms with Crippen LogP contribution >= 0.6 is 0 Å². The molecule has 0 unspecified atom stereocenters. The lowest BCUT2D eigenvalue weighted by Crippen LogP contribution is -2.39. The van der Waals surface area contributed by atoms with Crippen LogP contribution in [0.15, 0.2) is 91.0 Å². The summed E-state index contributed by atoms with van der Waals surface area (Å²) in [5.41, 5.74) is 4.35. The quantitative estimate of drug-likeness (QED) is 0.175. The minimum atomic E-state index is -0.577. The van der Waals surface area contributed by atoms with Gasteiger partial charge in [0.1, 0.15) is 24.3 Å². The van der Waals surface area contributed by atoms with Crippen LogP contribution < -0.4 is 9.47 Å². The van der Waals surface area contributed by atoms with Crippen molar-refractivity contribution >= 4 is 22.6 Å². The highest BCUT2D eigenvalue weighted by Gasteiger charge is 2.26. The van der Waals surface area contributed by atoms with Crippen molar-refractivity contribution in [2.24, 2.45) is 7.05 Å². The van der Waals surface area contributed by atoms with E-state index in [-0.39, 0.29) is 11.6 Å². The van der Waals surface area contributed by atoms with E-state index in [1.807, 2.05) is 99.6 Å². The molecule has 0 spiro atoms. The largest absolute Gasteiger partial charge is 0.473 e. The molecular formula is C37H37FN4O4. The first kappa shape index (κ1) is 30.8. The first-order valence-electron chi connectivity index (χ1n) is 15.3. The summed E-state index contributed by atoms with van der Waals surface area (Å²) in [6.07, 6.45) is 2.02. The molecule has 0 saturated heterocycles. The maximum absolute atomic E-state index is 16.1. The van der Waals surface area contributed by atoms with E-state index >= 15 is 4.39 Å². The van der Waals surface area contributed by atoms with Gasteiger partial charge in [-0.25, -0.2) is 9.18 Å². The number of rotatable bonds is 8. The van der Waals surface area contributed by atoms with Gasteiger partial charge in [0.15, 0.2) is 5.82 Å². The van der Waals surface area contributed by atoms with Gasteiger partial charge in [-0.05, 0) is 56.0 Å². The summed E-state index contributed by atoms with van der Waals surface area (Å²) in [5, 5.41) is 5.24. The molecule has 0 N–H and O–H groups in total. The molecule has 3 aromatic carbocycles. The fourth-order valence-electron chi connectivity index (χ4n) is 5.45. The van der Waals surface area contributed by atoms with Crippen molar-refractivity contribution < 1.29 is 23.4 Å². The number of hydrogen-bond donors (Lipinski definition) is 0. The summed E-state index contributed by atoms with van der Waals surface area (Å²) in [5.74, 6) is 0.375. The summed E-state index contributed by atoms with van der Waals surface area (Å²) < 4.78 is 35.6. The van der Waals surface area contributed by atoms with E-state index in [2.05, 4.69) is 5.10 Å². The highest BCUT2D eigenvalue weighted by Crippen LogP contribution is 2.38. The van der Waals surface area contributed by atoms with Gasteiger partial charge in [-0.1, -0.05) is 72.8 Å². The molecule has 0 bridgehead atoms. The average molecular weight is 621 g/mol. The first-order chi connectivity index (χ1) is 22.2. The van der Waals surface area contributed by atoms with Gasteiger partial charge in [0, 0.05) is 37.2 Å². The molecule has 236 valence electrons. The lowest BCUT2D eigenvalue weighted by molar-refractivity contribution is 0.0270. The molecule has 1 aliphatic rings. The minimum absolute atomic E-state index is 0.254. The molecule has 0 fully saturated rings. The van der Waals surface area contributed by atoms with Gasteiger partial charge in [-0.3, -0.25) is 4.68 Å². The number of nitrogens with zero attached hydrogens (tertiary/aromatic N) is 4. The average Bonchev–Trinajstić information content (AvgIpc) is 3.39. The van der Waals surface area contributed by atoms with Crippen LogP contribution in [0.5, 0.6) is 11.8 Å². The predicted molar refractivity (Wildman–Crippen MR) is 176 cm³/mol. The number of ether oxygens (including phenoxy) is 3. The molecule has 3 heterocycles. The molecule has 2 aromatic heterocycles. The number of carbonyl (C=O) groups excluding carboxylic acids is 1. The third-order valence-corrected chi connectivity index (χ3v) is 7.69. The third kappa shape index (κ3) is 6.88. The summed E-state index contributed by atoms with van der Waals surface area (Å²) >= 11 is 0. The lowest BCUT2D eigenvalue weighted by Gasteiger charge is -2.29. The number of fused-ring (bicyclic) bond motifs is 1. The van der Waals surface area contributed by atoms with Crippen molar-refractivity contribution in [2.75, 3.05) is 13.1 Å². The standard InChI is InChI=1S/C37H37FN4O4/c1-37(2,3)46-36(43)42-21-19-27(20-22-42)28-15-16-29-33(32(28)38)40-41(4)34(29)30-17-18-31(44-23-25-11-7-5-8-12-25)39-35(30)45-24-26-13-9-6-10-14-26/h5-19H,20-24H2,1-4H3. The van der Waals surface area contributed by atoms with E-state index in [1.165, 1.54) is 0 Å². The predicted octanol–water partition coefficient (Wildman–Crippen LogP) is 7.96.